The van der Waals surface area contributed by atoms with Crippen molar-refractivity contribution in [1.82, 2.24) is 0 Å². The highest BCUT2D eigenvalue weighted by Crippen LogP contribution is 2.04. The van der Waals surface area contributed by atoms with Crippen molar-refractivity contribution < 1.29 is 20.0 Å². The predicted octanol–water partition coefficient (Wildman–Crippen LogP) is 5.68. The van der Waals surface area contributed by atoms with Crippen molar-refractivity contribution in [2.45, 2.75) is 70.8 Å². The summed E-state index contributed by atoms with van der Waals surface area (Å²) in [4.78, 5) is 14.8. The van der Waals surface area contributed by atoms with E-state index in [1.165, 1.54) is 19.3 Å². The van der Waals surface area contributed by atoms with Crippen LogP contribution in [-0.4, -0.2) is 22.4 Å². The summed E-state index contributed by atoms with van der Waals surface area (Å²) in [5.74, 6) is -0.748. The highest BCUT2D eigenvalue weighted by molar-refractivity contribution is 5.66. The molecule has 0 radical (unpaired) electrons. The van der Waals surface area contributed by atoms with Gasteiger partial charge in [0.1, 0.15) is 6.10 Å². The van der Waals surface area contributed by atoms with Gasteiger partial charge in [0.05, 0.1) is 0 Å². The predicted molar refractivity (Wildman–Crippen MR) is 98.9 cm³/mol. The minimum Gasteiger partial charge on any atom is -0.481 e. The number of carbonyl (C=O) groups is 1. The molecule has 0 unspecified atom stereocenters. The Balaban J connectivity index is 3.79. The normalized spacial score (nSPS) is 13.8. The smallest absolute Gasteiger partial charge is 0.303 e. The van der Waals surface area contributed by atoms with E-state index in [-0.39, 0.29) is 12.5 Å². The van der Waals surface area contributed by atoms with Gasteiger partial charge in [-0.2, -0.15) is 0 Å². The SMILES string of the molecule is CCCCCC=CC=C[C@H](CC=CCC=CCCCC(=O)O)OO. The second-order valence-corrected chi connectivity index (χ2v) is 5.65. The minimum absolute atomic E-state index is 0.217. The zero-order valence-electron chi connectivity index (χ0n) is 14.8. The van der Waals surface area contributed by atoms with Crippen LogP contribution in [0, 0.1) is 0 Å². The first-order valence-corrected chi connectivity index (χ1v) is 8.86. The molecule has 0 saturated carbocycles. The molecule has 0 aliphatic heterocycles. The highest BCUT2D eigenvalue weighted by Gasteiger charge is 1.99. The van der Waals surface area contributed by atoms with Gasteiger partial charge in [-0.25, -0.2) is 4.89 Å². The molecule has 4 heteroatoms. The van der Waals surface area contributed by atoms with E-state index in [1.807, 2.05) is 42.5 Å². The van der Waals surface area contributed by atoms with E-state index in [1.54, 1.807) is 0 Å². The molecule has 0 aliphatic rings. The Kier molecular flexibility index (Phi) is 16.5. The molecule has 0 fully saturated rings. The lowest BCUT2D eigenvalue weighted by atomic mass is 10.2. The van der Waals surface area contributed by atoms with Gasteiger partial charge < -0.3 is 5.11 Å². The number of rotatable bonds is 15. The molecule has 0 aliphatic carbocycles. The molecule has 0 heterocycles. The summed E-state index contributed by atoms with van der Waals surface area (Å²) in [5, 5.41) is 17.4. The van der Waals surface area contributed by atoms with E-state index in [0.29, 0.717) is 12.8 Å². The third kappa shape index (κ3) is 16.7. The fraction of sp³-hybridized carbons (Fsp3) is 0.550. The van der Waals surface area contributed by atoms with Crippen LogP contribution in [0.2, 0.25) is 0 Å². The van der Waals surface area contributed by atoms with Crippen molar-refractivity contribution in [3.8, 4) is 0 Å². The summed E-state index contributed by atoms with van der Waals surface area (Å²) in [6.45, 7) is 2.19. The fourth-order valence-electron chi connectivity index (χ4n) is 2.02. The van der Waals surface area contributed by atoms with E-state index < -0.39 is 5.97 Å². The van der Waals surface area contributed by atoms with E-state index in [0.717, 1.165) is 19.3 Å². The molecule has 136 valence electrons. The van der Waals surface area contributed by atoms with Crippen LogP contribution in [0.5, 0.6) is 0 Å². The maximum atomic E-state index is 10.3. The number of aliphatic carboxylic acids is 1. The van der Waals surface area contributed by atoms with Gasteiger partial charge in [-0.1, -0.05) is 68.4 Å². The lowest BCUT2D eigenvalue weighted by Gasteiger charge is -2.03. The van der Waals surface area contributed by atoms with Crippen LogP contribution in [-0.2, 0) is 9.68 Å². The number of hydrogen-bond acceptors (Lipinski definition) is 3. The highest BCUT2D eigenvalue weighted by atomic mass is 17.1. The third-order valence-corrected chi connectivity index (χ3v) is 3.42. The van der Waals surface area contributed by atoms with Crippen LogP contribution in [0.15, 0.2) is 48.6 Å². The van der Waals surface area contributed by atoms with Gasteiger partial charge in [0.15, 0.2) is 0 Å². The Hall–Kier alpha value is -1.65. The van der Waals surface area contributed by atoms with E-state index in [2.05, 4.69) is 17.9 Å². The van der Waals surface area contributed by atoms with Crippen LogP contribution in [0.25, 0.3) is 0 Å². The number of allylic oxidation sites excluding steroid dienone is 6. The first kappa shape index (κ1) is 22.4. The summed E-state index contributed by atoms with van der Waals surface area (Å²) in [5.41, 5.74) is 0. The van der Waals surface area contributed by atoms with Crippen LogP contribution >= 0.6 is 0 Å². The monoisotopic (exact) mass is 336 g/mol. The average molecular weight is 336 g/mol. The van der Waals surface area contributed by atoms with Crippen molar-refractivity contribution in [3.05, 3.63) is 48.6 Å². The summed E-state index contributed by atoms with van der Waals surface area (Å²) in [6, 6.07) is 0. The maximum Gasteiger partial charge on any atom is 0.303 e. The second-order valence-electron chi connectivity index (χ2n) is 5.65. The molecule has 0 aromatic carbocycles. The third-order valence-electron chi connectivity index (χ3n) is 3.42. The van der Waals surface area contributed by atoms with E-state index in [9.17, 15) is 4.79 Å². The molecule has 24 heavy (non-hydrogen) atoms. The van der Waals surface area contributed by atoms with E-state index in [4.69, 9.17) is 10.4 Å². The summed E-state index contributed by atoms with van der Waals surface area (Å²) in [6.07, 6.45) is 23.4. The standard InChI is InChI=1S/C20H32O4/c1-2-3-4-5-7-10-13-16-19(24-23)17-14-11-8-6-9-12-15-18-20(21)22/h6-7,9-11,13-14,16,19,23H,2-5,8,12,15,17-18H2,1H3,(H,21,22)/t19-/m1/s1. The van der Waals surface area contributed by atoms with Gasteiger partial charge in [-0.3, -0.25) is 10.1 Å². The van der Waals surface area contributed by atoms with Gasteiger partial charge in [0.25, 0.3) is 0 Å². The molecule has 2 N–H and O–H groups in total. The van der Waals surface area contributed by atoms with Crippen molar-refractivity contribution in [3.63, 3.8) is 0 Å². The molecule has 0 spiro atoms. The molecule has 0 saturated heterocycles. The van der Waals surface area contributed by atoms with Crippen molar-refractivity contribution in [2.75, 3.05) is 0 Å². The zero-order valence-corrected chi connectivity index (χ0v) is 14.8. The maximum absolute atomic E-state index is 10.3. The van der Waals surface area contributed by atoms with Crippen LogP contribution in [0.1, 0.15) is 64.7 Å². The van der Waals surface area contributed by atoms with Gasteiger partial charge in [-0.05, 0) is 38.5 Å². The molecular formula is C20H32O4. The largest absolute Gasteiger partial charge is 0.481 e. The molecule has 0 aromatic rings. The summed E-state index contributed by atoms with van der Waals surface area (Å²) in [7, 11) is 0. The van der Waals surface area contributed by atoms with E-state index >= 15 is 0 Å². The number of hydrogen-bond donors (Lipinski definition) is 2. The lowest BCUT2D eigenvalue weighted by Crippen LogP contribution is -2.04. The number of carboxylic acid groups (broad SMARTS) is 1. The average Bonchev–Trinajstić information content (AvgIpc) is 2.57. The number of unbranched alkanes of at least 4 members (excludes halogenated alkanes) is 4. The Labute approximate surface area is 146 Å². The minimum atomic E-state index is -0.748. The van der Waals surface area contributed by atoms with Gasteiger partial charge in [-0.15, -0.1) is 0 Å². The molecule has 4 nitrogen and oxygen atoms in total. The van der Waals surface area contributed by atoms with Crippen molar-refractivity contribution in [1.29, 1.82) is 0 Å². The van der Waals surface area contributed by atoms with Crippen LogP contribution in [0.3, 0.4) is 0 Å². The topological polar surface area (TPSA) is 66.8 Å². The molecular weight excluding hydrogens is 304 g/mol. The number of carboxylic acids is 1. The van der Waals surface area contributed by atoms with Crippen LogP contribution in [0.4, 0.5) is 0 Å². The quantitative estimate of drug-likeness (QED) is 0.133. The summed E-state index contributed by atoms with van der Waals surface area (Å²) < 4.78 is 0. The lowest BCUT2D eigenvalue weighted by molar-refractivity contribution is -0.264. The van der Waals surface area contributed by atoms with Gasteiger partial charge in [0, 0.05) is 6.42 Å². The molecule has 0 bridgehead atoms. The Morgan fingerprint density at radius 3 is 2.46 bits per heavy atom. The zero-order chi connectivity index (χ0) is 17.9. The fourth-order valence-corrected chi connectivity index (χ4v) is 2.02. The molecule has 0 aromatic heterocycles. The Morgan fingerprint density at radius 2 is 1.75 bits per heavy atom. The Morgan fingerprint density at radius 1 is 1.00 bits per heavy atom. The summed E-state index contributed by atoms with van der Waals surface area (Å²) >= 11 is 0. The van der Waals surface area contributed by atoms with Crippen molar-refractivity contribution >= 4 is 5.97 Å². The van der Waals surface area contributed by atoms with Crippen molar-refractivity contribution in [2.24, 2.45) is 0 Å². The van der Waals surface area contributed by atoms with Gasteiger partial charge in [0.2, 0.25) is 0 Å². The second kappa shape index (κ2) is 17.7. The Bertz CT molecular complexity index is 408. The van der Waals surface area contributed by atoms with Crippen LogP contribution < -0.4 is 0 Å². The molecule has 0 amide bonds. The van der Waals surface area contributed by atoms with Gasteiger partial charge >= 0.3 is 5.97 Å². The first-order chi connectivity index (χ1) is 11.7. The molecule has 1 atom stereocenters. The molecule has 0 rings (SSSR count). The first-order valence-electron chi connectivity index (χ1n) is 8.86.